The van der Waals surface area contributed by atoms with Gasteiger partial charge in [0.05, 0.1) is 10.9 Å². The van der Waals surface area contributed by atoms with Gasteiger partial charge in [-0.2, -0.15) is 0 Å². The molecule has 0 saturated carbocycles. The lowest BCUT2D eigenvalue weighted by Crippen LogP contribution is -1.90. The molecule has 0 saturated heterocycles. The van der Waals surface area contributed by atoms with E-state index >= 15 is 0 Å². The van der Waals surface area contributed by atoms with Crippen LogP contribution in [0.1, 0.15) is 25.9 Å². The first-order valence-electron chi connectivity index (χ1n) is 4.94. The van der Waals surface area contributed by atoms with Gasteiger partial charge in [-0.1, -0.05) is 15.9 Å². The number of hydrogen-bond acceptors (Lipinski definition) is 4. The maximum Gasteiger partial charge on any atom is 0.433 e. The Morgan fingerprint density at radius 3 is 2.65 bits per heavy atom. The molecule has 2 rings (SSSR count). The van der Waals surface area contributed by atoms with Gasteiger partial charge in [0.15, 0.2) is 0 Å². The highest BCUT2D eigenvalue weighted by molar-refractivity contribution is 9.09. The Morgan fingerprint density at radius 1 is 1.47 bits per heavy atom. The van der Waals surface area contributed by atoms with Gasteiger partial charge in [-0.25, -0.2) is 0 Å². The first-order chi connectivity index (χ1) is 7.99. The number of halogens is 1. The van der Waals surface area contributed by atoms with E-state index in [-0.39, 0.29) is 10.7 Å². The molecule has 0 spiro atoms. The van der Waals surface area contributed by atoms with Gasteiger partial charge < -0.3 is 4.42 Å². The van der Waals surface area contributed by atoms with Crippen LogP contribution in [-0.4, -0.2) is 4.92 Å². The summed E-state index contributed by atoms with van der Waals surface area (Å²) >= 11 is 5.21. The lowest BCUT2D eigenvalue weighted by Gasteiger charge is -2.05. The molecule has 1 atom stereocenters. The van der Waals surface area contributed by atoms with Crippen molar-refractivity contribution in [2.45, 2.75) is 18.7 Å². The van der Waals surface area contributed by atoms with E-state index in [2.05, 4.69) is 22.0 Å². The summed E-state index contributed by atoms with van der Waals surface area (Å²) in [6, 6.07) is 5.07. The molecule has 90 valence electrons. The number of thiophene rings is 1. The minimum Gasteiger partial charge on any atom is -0.404 e. The first-order valence-corrected chi connectivity index (χ1v) is 6.67. The zero-order chi connectivity index (χ0) is 12.6. The molecule has 0 fully saturated rings. The van der Waals surface area contributed by atoms with Crippen LogP contribution in [0.2, 0.25) is 0 Å². The summed E-state index contributed by atoms with van der Waals surface area (Å²) in [4.78, 5) is 12.3. The molecule has 4 nitrogen and oxygen atoms in total. The molecule has 17 heavy (non-hydrogen) atoms. The number of rotatable bonds is 3. The Bertz CT molecular complexity index is 561. The SMILES string of the molecule is Cc1cc(C(Br)c2ccc([N+](=O)[O-])o2)c(C)s1. The van der Waals surface area contributed by atoms with Gasteiger partial charge >= 0.3 is 5.88 Å². The highest BCUT2D eigenvalue weighted by atomic mass is 79.9. The molecule has 2 aromatic rings. The van der Waals surface area contributed by atoms with Crippen molar-refractivity contribution in [1.29, 1.82) is 0 Å². The van der Waals surface area contributed by atoms with Gasteiger partial charge in [-0.15, -0.1) is 11.3 Å². The quantitative estimate of drug-likeness (QED) is 0.480. The Kier molecular flexibility index (Phi) is 3.35. The number of aryl methyl sites for hydroxylation is 2. The largest absolute Gasteiger partial charge is 0.433 e. The Morgan fingerprint density at radius 2 is 2.18 bits per heavy atom. The Hall–Kier alpha value is -1.14. The third-order valence-corrected chi connectivity index (χ3v) is 4.32. The van der Waals surface area contributed by atoms with Crippen LogP contribution in [-0.2, 0) is 0 Å². The number of alkyl halides is 1. The molecule has 0 aliphatic heterocycles. The number of nitro groups is 1. The summed E-state index contributed by atoms with van der Waals surface area (Å²) in [7, 11) is 0. The Labute approximate surface area is 111 Å². The molecule has 0 aromatic carbocycles. The maximum atomic E-state index is 10.5. The smallest absolute Gasteiger partial charge is 0.404 e. The highest BCUT2D eigenvalue weighted by Crippen LogP contribution is 2.38. The van der Waals surface area contributed by atoms with E-state index in [0.29, 0.717) is 5.76 Å². The lowest BCUT2D eigenvalue weighted by molar-refractivity contribution is -0.402. The van der Waals surface area contributed by atoms with Crippen molar-refractivity contribution in [3.63, 3.8) is 0 Å². The zero-order valence-corrected chi connectivity index (χ0v) is 11.7. The summed E-state index contributed by atoms with van der Waals surface area (Å²) < 4.78 is 5.18. The Balaban J connectivity index is 2.33. The van der Waals surface area contributed by atoms with Crippen LogP contribution in [0, 0.1) is 24.0 Å². The molecule has 0 bridgehead atoms. The number of nitrogens with zero attached hydrogens (tertiary/aromatic N) is 1. The van der Waals surface area contributed by atoms with Gasteiger partial charge in [-0.05, 0) is 31.5 Å². The minimum atomic E-state index is -0.533. The fourth-order valence-corrected chi connectivity index (χ4v) is 3.47. The summed E-state index contributed by atoms with van der Waals surface area (Å²) in [6.07, 6.45) is 0. The molecule has 0 amide bonds. The average molecular weight is 316 g/mol. The van der Waals surface area contributed by atoms with E-state index in [9.17, 15) is 10.1 Å². The summed E-state index contributed by atoms with van der Waals surface area (Å²) in [5, 5.41) is 10.5. The second kappa shape index (κ2) is 4.62. The monoisotopic (exact) mass is 315 g/mol. The molecule has 2 aromatic heterocycles. The van der Waals surface area contributed by atoms with Crippen molar-refractivity contribution in [1.82, 2.24) is 0 Å². The predicted octanol–water partition coefficient (Wildman–Crippen LogP) is 4.35. The topological polar surface area (TPSA) is 56.3 Å². The molecule has 0 radical (unpaired) electrons. The van der Waals surface area contributed by atoms with Crippen LogP contribution in [0.15, 0.2) is 22.6 Å². The van der Waals surface area contributed by atoms with Gasteiger partial charge in [-0.3, -0.25) is 10.1 Å². The molecule has 0 aliphatic rings. The zero-order valence-electron chi connectivity index (χ0n) is 9.27. The molecule has 0 aliphatic carbocycles. The van der Waals surface area contributed by atoms with Crippen LogP contribution in [0.25, 0.3) is 0 Å². The van der Waals surface area contributed by atoms with Crippen LogP contribution < -0.4 is 0 Å². The van der Waals surface area contributed by atoms with E-state index in [1.54, 1.807) is 17.4 Å². The fraction of sp³-hybridized carbons (Fsp3) is 0.273. The van der Waals surface area contributed by atoms with Crippen molar-refractivity contribution in [3.8, 4) is 0 Å². The third kappa shape index (κ3) is 2.42. The molecule has 1 unspecified atom stereocenters. The van der Waals surface area contributed by atoms with E-state index in [1.165, 1.54) is 15.8 Å². The maximum absolute atomic E-state index is 10.5. The van der Waals surface area contributed by atoms with Crippen LogP contribution in [0.3, 0.4) is 0 Å². The second-order valence-corrected chi connectivity index (χ2v) is 6.04. The van der Waals surface area contributed by atoms with Crippen molar-refractivity contribution in [3.05, 3.63) is 49.4 Å². The molecular formula is C11H10BrNO3S. The van der Waals surface area contributed by atoms with Crippen molar-refractivity contribution in [2.24, 2.45) is 0 Å². The lowest BCUT2D eigenvalue weighted by atomic mass is 10.1. The van der Waals surface area contributed by atoms with Crippen LogP contribution in [0.5, 0.6) is 0 Å². The van der Waals surface area contributed by atoms with Crippen molar-refractivity contribution in [2.75, 3.05) is 0 Å². The van der Waals surface area contributed by atoms with Crippen molar-refractivity contribution < 1.29 is 9.34 Å². The summed E-state index contributed by atoms with van der Waals surface area (Å²) in [6.45, 7) is 4.06. The third-order valence-electron chi connectivity index (χ3n) is 2.39. The average Bonchev–Trinajstić information content (AvgIpc) is 2.84. The van der Waals surface area contributed by atoms with E-state index in [1.807, 2.05) is 13.8 Å². The molecular weight excluding hydrogens is 306 g/mol. The minimum absolute atomic E-state index is 0.138. The number of hydrogen-bond donors (Lipinski definition) is 0. The first kappa shape index (κ1) is 12.3. The highest BCUT2D eigenvalue weighted by Gasteiger charge is 2.21. The van der Waals surface area contributed by atoms with Gasteiger partial charge in [0, 0.05) is 9.75 Å². The standard InChI is InChI=1S/C11H10BrNO3S/c1-6-5-8(7(2)17-6)11(12)9-3-4-10(16-9)13(14)15/h3-5,11H,1-2H3. The molecule has 0 N–H and O–H groups in total. The van der Waals surface area contributed by atoms with Crippen molar-refractivity contribution >= 4 is 33.2 Å². The molecule has 6 heteroatoms. The van der Waals surface area contributed by atoms with Crippen LogP contribution >= 0.6 is 27.3 Å². The summed E-state index contributed by atoms with van der Waals surface area (Å²) in [5.41, 5.74) is 1.09. The predicted molar refractivity (Wildman–Crippen MR) is 69.9 cm³/mol. The number of furan rings is 1. The second-order valence-electron chi connectivity index (χ2n) is 3.66. The van der Waals surface area contributed by atoms with Gasteiger partial charge in [0.25, 0.3) is 0 Å². The van der Waals surface area contributed by atoms with Gasteiger partial charge in [0.2, 0.25) is 0 Å². The summed E-state index contributed by atoms with van der Waals surface area (Å²) in [5.74, 6) is 0.326. The van der Waals surface area contributed by atoms with E-state index in [0.717, 1.165) is 5.56 Å². The van der Waals surface area contributed by atoms with E-state index in [4.69, 9.17) is 4.42 Å². The normalized spacial score (nSPS) is 12.6. The van der Waals surface area contributed by atoms with Crippen LogP contribution in [0.4, 0.5) is 5.88 Å². The van der Waals surface area contributed by atoms with E-state index < -0.39 is 4.92 Å². The fourth-order valence-electron chi connectivity index (χ4n) is 1.63. The molecule has 2 heterocycles. The van der Waals surface area contributed by atoms with Gasteiger partial charge in [0.1, 0.15) is 10.7 Å².